The van der Waals surface area contributed by atoms with Crippen LogP contribution in [-0.4, -0.2) is 39.9 Å². The predicted octanol–water partition coefficient (Wildman–Crippen LogP) is 0.689. The van der Waals surface area contributed by atoms with Crippen LogP contribution in [0.25, 0.3) is 0 Å². The second-order valence-corrected chi connectivity index (χ2v) is 5.04. The van der Waals surface area contributed by atoms with Gasteiger partial charge in [-0.2, -0.15) is 5.43 Å². The molecule has 0 atom stereocenters. The summed E-state index contributed by atoms with van der Waals surface area (Å²) in [4.78, 5) is 3.35. The number of nitrogens with zero attached hydrogens (tertiary/aromatic N) is 1. The molecule has 0 aliphatic carbocycles. The molecule has 0 bridgehead atoms. The molecular weight excluding hydrogens is 282 g/mol. The molecule has 1 aromatic rings. The molecule has 0 saturated heterocycles. The zero-order chi connectivity index (χ0) is 15.8. The number of hydrogen-bond donors (Lipinski definition) is 2. The van der Waals surface area contributed by atoms with E-state index in [0.29, 0.717) is 17.2 Å². The zero-order valence-corrected chi connectivity index (χ0v) is 13.4. The number of hydrazone groups is 1. The Kier molecular flexibility index (Phi) is 6.06. The second kappa shape index (κ2) is 8.26. The van der Waals surface area contributed by atoms with E-state index in [4.69, 9.17) is 14.2 Å². The van der Waals surface area contributed by atoms with Crippen LogP contribution in [0.2, 0.25) is 0 Å². The van der Waals surface area contributed by atoms with Crippen molar-refractivity contribution in [3.05, 3.63) is 17.7 Å². The maximum atomic E-state index is 5.37. The minimum absolute atomic E-state index is 0.629. The number of rotatable bonds is 5. The van der Waals surface area contributed by atoms with E-state index in [1.807, 2.05) is 6.07 Å². The first kappa shape index (κ1) is 16.1. The second-order valence-electron chi connectivity index (χ2n) is 5.04. The summed E-state index contributed by atoms with van der Waals surface area (Å²) in [5.74, 6) is 3.02. The normalized spacial score (nSPS) is 15.1. The zero-order valence-electron chi connectivity index (χ0n) is 13.4. The lowest BCUT2D eigenvalue weighted by Gasteiger charge is -2.11. The van der Waals surface area contributed by atoms with Crippen LogP contribution in [0, 0.1) is 0 Å². The molecule has 0 radical (unpaired) electrons. The van der Waals surface area contributed by atoms with E-state index >= 15 is 0 Å². The summed E-state index contributed by atoms with van der Waals surface area (Å²) in [6.45, 7) is 0.998. The van der Waals surface area contributed by atoms with Crippen LogP contribution >= 0.6 is 0 Å². The van der Waals surface area contributed by atoms with Crippen LogP contribution in [0.15, 0.2) is 17.2 Å². The van der Waals surface area contributed by atoms with Gasteiger partial charge < -0.3 is 14.2 Å². The molecular formula is C16H24N3O3+. The molecule has 0 fully saturated rings. The molecule has 1 aliphatic rings. The van der Waals surface area contributed by atoms with Gasteiger partial charge in [-0.15, -0.1) is 0 Å². The van der Waals surface area contributed by atoms with E-state index in [9.17, 15) is 0 Å². The van der Waals surface area contributed by atoms with Gasteiger partial charge in [0.25, 0.3) is 5.84 Å². The van der Waals surface area contributed by atoms with Gasteiger partial charge in [-0.05, 0) is 25.3 Å². The van der Waals surface area contributed by atoms with Crippen molar-refractivity contribution in [1.82, 2.24) is 5.43 Å². The van der Waals surface area contributed by atoms with Crippen molar-refractivity contribution in [2.24, 2.45) is 5.10 Å². The van der Waals surface area contributed by atoms with Crippen molar-refractivity contribution in [3.8, 4) is 17.2 Å². The van der Waals surface area contributed by atoms with E-state index in [2.05, 4.69) is 15.5 Å². The highest BCUT2D eigenvalue weighted by Gasteiger charge is 2.12. The molecule has 0 spiro atoms. The maximum absolute atomic E-state index is 5.37. The molecule has 120 valence electrons. The molecule has 0 unspecified atom stereocenters. The van der Waals surface area contributed by atoms with E-state index in [-0.39, 0.29) is 0 Å². The van der Waals surface area contributed by atoms with Crippen LogP contribution in [0.1, 0.15) is 31.2 Å². The highest BCUT2D eigenvalue weighted by atomic mass is 16.5. The third-order valence-corrected chi connectivity index (χ3v) is 3.58. The summed E-state index contributed by atoms with van der Waals surface area (Å²) in [5.41, 5.74) is 3.90. The fraction of sp³-hybridized carbons (Fsp3) is 0.500. The predicted molar refractivity (Wildman–Crippen MR) is 86.1 cm³/mol. The molecule has 1 heterocycles. The van der Waals surface area contributed by atoms with Crippen LogP contribution in [0.5, 0.6) is 17.2 Å². The van der Waals surface area contributed by atoms with Crippen molar-refractivity contribution < 1.29 is 19.2 Å². The number of amidine groups is 1. The molecule has 2 N–H and O–H groups in total. The van der Waals surface area contributed by atoms with Gasteiger partial charge in [0.15, 0.2) is 11.5 Å². The Bertz CT molecular complexity index is 556. The lowest BCUT2D eigenvalue weighted by atomic mass is 10.2. The maximum Gasteiger partial charge on any atom is 0.267 e. The fourth-order valence-electron chi connectivity index (χ4n) is 2.36. The van der Waals surface area contributed by atoms with Gasteiger partial charge in [0, 0.05) is 11.6 Å². The van der Waals surface area contributed by atoms with Gasteiger partial charge in [0.05, 0.1) is 40.5 Å². The Balaban J connectivity index is 2.13. The molecule has 1 aliphatic heterocycles. The van der Waals surface area contributed by atoms with Crippen molar-refractivity contribution in [2.75, 3.05) is 27.9 Å². The summed E-state index contributed by atoms with van der Waals surface area (Å²) in [6.07, 6.45) is 6.37. The quantitative estimate of drug-likeness (QED) is 0.620. The average Bonchev–Trinajstić information content (AvgIpc) is 2.83. The number of ether oxygens (including phenoxy) is 3. The van der Waals surface area contributed by atoms with Gasteiger partial charge in [-0.3, -0.25) is 4.99 Å². The molecule has 6 heteroatoms. The first-order valence-corrected chi connectivity index (χ1v) is 7.47. The van der Waals surface area contributed by atoms with Crippen molar-refractivity contribution in [3.63, 3.8) is 0 Å². The summed E-state index contributed by atoms with van der Waals surface area (Å²) < 4.78 is 15.9. The van der Waals surface area contributed by atoms with E-state index in [1.54, 1.807) is 33.6 Å². The van der Waals surface area contributed by atoms with Crippen molar-refractivity contribution >= 4 is 12.1 Å². The SMILES string of the molecule is COc1cc(OC)c(OC)cc1/C=N\NC1=[NH+]CCCCC1. The molecule has 2 rings (SSSR count). The Morgan fingerprint density at radius 1 is 1.00 bits per heavy atom. The minimum Gasteiger partial charge on any atom is -0.496 e. The molecule has 0 amide bonds. The lowest BCUT2D eigenvalue weighted by molar-refractivity contribution is -0.459. The Labute approximate surface area is 131 Å². The monoisotopic (exact) mass is 306 g/mol. The minimum atomic E-state index is 0.629. The van der Waals surface area contributed by atoms with E-state index in [1.165, 1.54) is 19.3 Å². The van der Waals surface area contributed by atoms with Crippen molar-refractivity contribution in [2.45, 2.75) is 25.7 Å². The molecule has 22 heavy (non-hydrogen) atoms. The molecule has 0 aromatic heterocycles. The van der Waals surface area contributed by atoms with Crippen LogP contribution in [0.3, 0.4) is 0 Å². The van der Waals surface area contributed by atoms with E-state index < -0.39 is 0 Å². The number of benzene rings is 1. The first-order valence-electron chi connectivity index (χ1n) is 7.47. The fourth-order valence-corrected chi connectivity index (χ4v) is 2.36. The topological polar surface area (TPSA) is 66.0 Å². The largest absolute Gasteiger partial charge is 0.496 e. The Hall–Kier alpha value is -2.24. The Morgan fingerprint density at radius 3 is 2.45 bits per heavy atom. The van der Waals surface area contributed by atoms with Gasteiger partial charge in [0.2, 0.25) is 0 Å². The summed E-state index contributed by atoms with van der Waals surface area (Å²) in [7, 11) is 4.82. The molecule has 6 nitrogen and oxygen atoms in total. The number of hydrogen-bond acceptors (Lipinski definition) is 5. The van der Waals surface area contributed by atoms with Crippen molar-refractivity contribution in [1.29, 1.82) is 0 Å². The highest BCUT2D eigenvalue weighted by Crippen LogP contribution is 2.33. The summed E-state index contributed by atoms with van der Waals surface area (Å²) in [6, 6.07) is 3.63. The van der Waals surface area contributed by atoms with Gasteiger partial charge in [0.1, 0.15) is 5.75 Å². The first-order chi connectivity index (χ1) is 10.8. The standard InChI is InChI=1S/C16H23N3O3/c1-20-13-10-15(22-3)14(21-2)9-12(13)11-18-19-16-7-5-4-6-8-17-16/h9-11H,4-8H2,1-3H3,(H,17,19)/p+1/b18-11-. The third-order valence-electron chi connectivity index (χ3n) is 3.58. The molecule has 1 aromatic carbocycles. The Morgan fingerprint density at radius 2 is 1.73 bits per heavy atom. The lowest BCUT2D eigenvalue weighted by Crippen LogP contribution is -2.75. The number of nitrogens with one attached hydrogen (secondary N) is 2. The van der Waals surface area contributed by atoms with Crippen LogP contribution in [0.4, 0.5) is 0 Å². The summed E-state index contributed by atoms with van der Waals surface area (Å²) >= 11 is 0. The van der Waals surface area contributed by atoms with Crippen LogP contribution < -0.4 is 24.6 Å². The number of methoxy groups -OCH3 is 3. The van der Waals surface area contributed by atoms with Gasteiger partial charge in [-0.25, -0.2) is 0 Å². The smallest absolute Gasteiger partial charge is 0.267 e. The third kappa shape index (κ3) is 4.13. The van der Waals surface area contributed by atoms with Crippen LogP contribution in [-0.2, 0) is 0 Å². The highest BCUT2D eigenvalue weighted by molar-refractivity contribution is 5.86. The summed E-state index contributed by atoms with van der Waals surface area (Å²) in [5, 5.41) is 4.30. The molecule has 0 saturated carbocycles. The van der Waals surface area contributed by atoms with E-state index in [0.717, 1.165) is 24.4 Å². The average molecular weight is 306 g/mol. The van der Waals surface area contributed by atoms with Gasteiger partial charge >= 0.3 is 0 Å². The van der Waals surface area contributed by atoms with Gasteiger partial charge in [-0.1, -0.05) is 5.10 Å².